The van der Waals surface area contributed by atoms with Gasteiger partial charge in [-0.1, -0.05) is 0 Å². The van der Waals surface area contributed by atoms with Crippen LogP contribution in [0, 0.1) is 10.1 Å². The van der Waals surface area contributed by atoms with Crippen molar-refractivity contribution in [2.75, 3.05) is 14.2 Å². The van der Waals surface area contributed by atoms with E-state index in [0.29, 0.717) is 21.5 Å². The van der Waals surface area contributed by atoms with E-state index in [1.165, 1.54) is 27.2 Å². The number of halogens is 1. The maximum absolute atomic E-state index is 10.6. The number of allylic oxidation sites excluding steroid dienone is 1. The van der Waals surface area contributed by atoms with Gasteiger partial charge in [-0.2, -0.15) is 0 Å². The topological polar surface area (TPSA) is 61.6 Å². The zero-order valence-corrected chi connectivity index (χ0v) is 11.3. The molecule has 0 unspecified atom stereocenters. The van der Waals surface area contributed by atoms with Crippen molar-refractivity contribution in [3.05, 3.63) is 38.0 Å². The number of nitrogens with zero attached hydrogens (tertiary/aromatic N) is 1. The van der Waals surface area contributed by atoms with Crippen LogP contribution < -0.4 is 9.47 Å². The van der Waals surface area contributed by atoms with Gasteiger partial charge in [0.05, 0.1) is 23.6 Å². The Balaban J connectivity index is 3.34. The van der Waals surface area contributed by atoms with Crippen LogP contribution in [0.3, 0.4) is 0 Å². The third-order valence-electron chi connectivity index (χ3n) is 2.14. The molecule has 0 fully saturated rings. The molecule has 5 nitrogen and oxygen atoms in total. The fraction of sp³-hybridized carbons (Fsp3) is 0.273. The Labute approximate surface area is 107 Å². The number of nitro groups is 1. The molecule has 0 heterocycles. The second-order valence-corrected chi connectivity index (χ2v) is 4.13. The first-order valence-corrected chi connectivity index (χ1v) is 5.53. The molecule has 1 aromatic carbocycles. The molecular formula is C11H12BrNO4. The average Bonchev–Trinajstić information content (AvgIpc) is 2.28. The van der Waals surface area contributed by atoms with Crippen molar-refractivity contribution in [1.82, 2.24) is 0 Å². The van der Waals surface area contributed by atoms with Gasteiger partial charge < -0.3 is 9.47 Å². The van der Waals surface area contributed by atoms with Crippen LogP contribution >= 0.6 is 15.9 Å². The maximum Gasteiger partial charge on any atom is 0.243 e. The minimum atomic E-state index is -0.452. The lowest BCUT2D eigenvalue weighted by Gasteiger charge is -2.09. The number of hydrogen-bond donors (Lipinski definition) is 0. The molecule has 6 heteroatoms. The van der Waals surface area contributed by atoms with Gasteiger partial charge in [-0.3, -0.25) is 10.1 Å². The van der Waals surface area contributed by atoms with Gasteiger partial charge in [0.25, 0.3) is 0 Å². The van der Waals surface area contributed by atoms with E-state index >= 15 is 0 Å². The van der Waals surface area contributed by atoms with Crippen LogP contribution in [0.5, 0.6) is 11.5 Å². The molecule has 0 radical (unpaired) electrons. The van der Waals surface area contributed by atoms with E-state index in [4.69, 9.17) is 9.47 Å². The second-order valence-electron chi connectivity index (χ2n) is 3.27. The fourth-order valence-corrected chi connectivity index (χ4v) is 1.92. The van der Waals surface area contributed by atoms with Gasteiger partial charge in [-0.15, -0.1) is 0 Å². The van der Waals surface area contributed by atoms with E-state index in [1.807, 2.05) is 0 Å². The molecule has 0 saturated carbocycles. The van der Waals surface area contributed by atoms with Crippen molar-refractivity contribution in [2.45, 2.75) is 6.92 Å². The molecule has 0 amide bonds. The Bertz CT molecular complexity index is 471. The summed E-state index contributed by atoms with van der Waals surface area (Å²) in [7, 11) is 3.04. The van der Waals surface area contributed by atoms with Crippen molar-refractivity contribution in [3.63, 3.8) is 0 Å². The quantitative estimate of drug-likeness (QED) is 0.633. The zero-order valence-electron chi connectivity index (χ0n) is 9.69. The van der Waals surface area contributed by atoms with Crippen LogP contribution in [0.25, 0.3) is 6.08 Å². The van der Waals surface area contributed by atoms with Gasteiger partial charge in [-0.05, 0) is 28.1 Å². The largest absolute Gasteiger partial charge is 0.497 e. The number of benzene rings is 1. The lowest BCUT2D eigenvalue weighted by atomic mass is 10.1. The summed E-state index contributed by atoms with van der Waals surface area (Å²) >= 11 is 3.32. The van der Waals surface area contributed by atoms with E-state index in [1.54, 1.807) is 12.1 Å². The molecule has 0 spiro atoms. The lowest BCUT2D eigenvalue weighted by molar-refractivity contribution is -0.422. The molecule has 0 saturated heterocycles. The standard InChI is InChI=1S/C11H12BrNO4/c1-7(13(14)15)4-8-5-9(16-2)6-10(12)11(8)17-3/h4-6H,1-3H3/b7-4+. The van der Waals surface area contributed by atoms with Crippen molar-refractivity contribution < 1.29 is 14.4 Å². The third-order valence-corrected chi connectivity index (χ3v) is 2.73. The number of methoxy groups -OCH3 is 2. The smallest absolute Gasteiger partial charge is 0.243 e. The fourth-order valence-electron chi connectivity index (χ4n) is 1.31. The molecule has 0 aliphatic rings. The molecule has 0 aliphatic heterocycles. The predicted molar refractivity (Wildman–Crippen MR) is 67.9 cm³/mol. The predicted octanol–water partition coefficient (Wildman–Crippen LogP) is 3.10. The first kappa shape index (κ1) is 13.5. The molecule has 0 N–H and O–H groups in total. The van der Waals surface area contributed by atoms with E-state index in [-0.39, 0.29) is 5.70 Å². The molecule has 1 rings (SSSR count). The van der Waals surface area contributed by atoms with Gasteiger partial charge in [0.2, 0.25) is 5.70 Å². The number of rotatable bonds is 4. The van der Waals surface area contributed by atoms with Crippen LogP contribution in [0.15, 0.2) is 22.3 Å². The van der Waals surface area contributed by atoms with Gasteiger partial charge >= 0.3 is 0 Å². The van der Waals surface area contributed by atoms with E-state index in [2.05, 4.69) is 15.9 Å². The van der Waals surface area contributed by atoms with Crippen molar-refractivity contribution >= 4 is 22.0 Å². The Morgan fingerprint density at radius 2 is 2.06 bits per heavy atom. The number of hydrogen-bond acceptors (Lipinski definition) is 4. The SMILES string of the molecule is COc1cc(Br)c(OC)c(/C=C(\C)[N+](=O)[O-])c1. The summed E-state index contributed by atoms with van der Waals surface area (Å²) in [5.41, 5.74) is 0.622. The molecular weight excluding hydrogens is 290 g/mol. The molecule has 0 bridgehead atoms. The normalized spacial score (nSPS) is 11.2. The van der Waals surface area contributed by atoms with Crippen LogP contribution in [0.4, 0.5) is 0 Å². The Morgan fingerprint density at radius 3 is 2.53 bits per heavy atom. The minimum Gasteiger partial charge on any atom is -0.497 e. The molecule has 0 aliphatic carbocycles. The van der Waals surface area contributed by atoms with E-state index in [9.17, 15) is 10.1 Å². The van der Waals surface area contributed by atoms with Crippen LogP contribution in [0.1, 0.15) is 12.5 Å². The monoisotopic (exact) mass is 301 g/mol. The Kier molecular flexibility index (Phi) is 4.51. The second kappa shape index (κ2) is 5.67. The Morgan fingerprint density at radius 1 is 1.41 bits per heavy atom. The highest BCUT2D eigenvalue weighted by atomic mass is 79.9. The maximum atomic E-state index is 10.6. The minimum absolute atomic E-state index is 0.0310. The highest BCUT2D eigenvalue weighted by Gasteiger charge is 2.11. The van der Waals surface area contributed by atoms with E-state index in [0.717, 1.165) is 0 Å². The molecule has 1 aromatic rings. The number of ether oxygens (including phenoxy) is 2. The van der Waals surface area contributed by atoms with Crippen molar-refractivity contribution in [2.24, 2.45) is 0 Å². The van der Waals surface area contributed by atoms with Gasteiger partial charge in [-0.25, -0.2) is 0 Å². The highest BCUT2D eigenvalue weighted by Crippen LogP contribution is 2.34. The Hall–Kier alpha value is -1.56. The summed E-state index contributed by atoms with van der Waals surface area (Å²) in [6.45, 7) is 1.42. The highest BCUT2D eigenvalue weighted by molar-refractivity contribution is 9.10. The van der Waals surface area contributed by atoms with Gasteiger partial charge in [0.1, 0.15) is 11.5 Å². The average molecular weight is 302 g/mol. The first-order chi connectivity index (χ1) is 7.99. The molecule has 17 heavy (non-hydrogen) atoms. The summed E-state index contributed by atoms with van der Waals surface area (Å²) in [5.74, 6) is 1.13. The third kappa shape index (κ3) is 3.20. The molecule has 0 aromatic heterocycles. The van der Waals surface area contributed by atoms with E-state index < -0.39 is 4.92 Å². The van der Waals surface area contributed by atoms with Gasteiger partial charge in [0.15, 0.2) is 0 Å². The van der Waals surface area contributed by atoms with Crippen molar-refractivity contribution in [1.29, 1.82) is 0 Å². The van der Waals surface area contributed by atoms with Crippen LogP contribution in [0.2, 0.25) is 0 Å². The summed E-state index contributed by atoms with van der Waals surface area (Å²) in [6, 6.07) is 3.41. The van der Waals surface area contributed by atoms with Crippen LogP contribution in [-0.2, 0) is 0 Å². The summed E-state index contributed by atoms with van der Waals surface area (Å²) in [4.78, 5) is 10.1. The molecule has 92 valence electrons. The first-order valence-electron chi connectivity index (χ1n) is 4.73. The van der Waals surface area contributed by atoms with Crippen LogP contribution in [-0.4, -0.2) is 19.1 Å². The van der Waals surface area contributed by atoms with Crippen molar-refractivity contribution in [3.8, 4) is 11.5 Å². The summed E-state index contributed by atoms with van der Waals surface area (Å²) < 4.78 is 11.0. The molecule has 0 atom stereocenters. The zero-order chi connectivity index (χ0) is 13.0. The van der Waals surface area contributed by atoms with Gasteiger partial charge in [0, 0.05) is 18.6 Å². The lowest BCUT2D eigenvalue weighted by Crippen LogP contribution is -1.96. The summed E-state index contributed by atoms with van der Waals surface area (Å²) in [5, 5.41) is 10.6. The summed E-state index contributed by atoms with van der Waals surface area (Å²) in [6.07, 6.45) is 1.44.